The highest BCUT2D eigenvalue weighted by molar-refractivity contribution is 7.18. The highest BCUT2D eigenvalue weighted by Crippen LogP contribution is 2.30. The van der Waals surface area contributed by atoms with Crippen molar-refractivity contribution < 1.29 is 4.79 Å². The third kappa shape index (κ3) is 3.32. The van der Waals surface area contributed by atoms with Gasteiger partial charge >= 0.3 is 0 Å². The molecule has 2 aromatic carbocycles. The molecule has 3 rings (SSSR count). The molecule has 0 atom stereocenters. The Morgan fingerprint density at radius 2 is 1.92 bits per heavy atom. The van der Waals surface area contributed by atoms with Crippen molar-refractivity contribution in [1.82, 2.24) is 4.98 Å². The fraction of sp³-hybridized carbons (Fsp3) is 0. The number of nitrogens with one attached hydrogen (secondary N) is 1. The van der Waals surface area contributed by atoms with Crippen molar-refractivity contribution in [3.05, 3.63) is 70.1 Å². The first-order chi connectivity index (χ1) is 12.1. The van der Waals surface area contributed by atoms with E-state index in [1.54, 1.807) is 48.5 Å². The van der Waals surface area contributed by atoms with E-state index in [0.29, 0.717) is 21.9 Å². The van der Waals surface area contributed by atoms with E-state index in [9.17, 15) is 4.79 Å². The van der Waals surface area contributed by atoms with Gasteiger partial charge in [0.1, 0.15) is 10.7 Å². The molecule has 120 valence electrons. The highest BCUT2D eigenvalue weighted by Gasteiger charge is 2.20. The number of thiazole rings is 1. The quantitative estimate of drug-likeness (QED) is 0.700. The summed E-state index contributed by atoms with van der Waals surface area (Å²) in [4.78, 5) is 17.1. The van der Waals surface area contributed by atoms with Crippen molar-refractivity contribution in [3.63, 3.8) is 0 Å². The second-order valence-electron chi connectivity index (χ2n) is 5.04. The van der Waals surface area contributed by atoms with Crippen molar-refractivity contribution in [2.75, 3.05) is 11.1 Å². The molecule has 6 nitrogen and oxygen atoms in total. The largest absolute Gasteiger partial charge is 0.382 e. The molecule has 0 radical (unpaired) electrons. The van der Waals surface area contributed by atoms with Crippen molar-refractivity contribution in [3.8, 4) is 12.1 Å². The number of carbonyl (C=O) groups is 1. The number of nitriles is 2. The second-order valence-corrected chi connectivity index (χ2v) is 6.04. The summed E-state index contributed by atoms with van der Waals surface area (Å²) in [5.41, 5.74) is 7.64. The van der Waals surface area contributed by atoms with Gasteiger partial charge in [0.2, 0.25) is 5.78 Å². The molecule has 0 aliphatic heterocycles. The molecule has 0 unspecified atom stereocenters. The smallest absolute Gasteiger partial charge is 0.208 e. The number of nitrogen functional groups attached to an aromatic ring is 1. The van der Waals surface area contributed by atoms with Crippen LogP contribution in [0.15, 0.2) is 48.5 Å². The van der Waals surface area contributed by atoms with E-state index in [-0.39, 0.29) is 22.0 Å². The first-order valence-electron chi connectivity index (χ1n) is 7.19. The fourth-order valence-electron chi connectivity index (χ4n) is 2.24. The molecule has 0 fully saturated rings. The predicted molar refractivity (Wildman–Crippen MR) is 95.6 cm³/mol. The fourth-order valence-corrected chi connectivity index (χ4v) is 3.10. The number of anilines is 3. The second kappa shape index (κ2) is 6.83. The number of nitrogens with zero attached hydrogens (tertiary/aromatic N) is 3. The lowest BCUT2D eigenvalue weighted by Crippen LogP contribution is -2.04. The van der Waals surface area contributed by atoms with E-state index in [2.05, 4.69) is 16.4 Å². The van der Waals surface area contributed by atoms with Crippen LogP contribution < -0.4 is 11.1 Å². The van der Waals surface area contributed by atoms with Crippen LogP contribution in [0.5, 0.6) is 0 Å². The molecule has 25 heavy (non-hydrogen) atoms. The van der Waals surface area contributed by atoms with E-state index in [1.807, 2.05) is 6.07 Å². The number of rotatable bonds is 4. The zero-order valence-corrected chi connectivity index (χ0v) is 13.7. The van der Waals surface area contributed by atoms with E-state index in [4.69, 9.17) is 16.3 Å². The SMILES string of the molecule is N#Cc1cccc(Nc2nc(N)c(C(=O)c3ccccc3C#N)s2)c1. The number of carbonyl (C=O) groups excluding carboxylic acids is 1. The van der Waals surface area contributed by atoms with Gasteiger partial charge in [-0.05, 0) is 30.3 Å². The van der Waals surface area contributed by atoms with Crippen molar-refractivity contribution in [2.45, 2.75) is 0 Å². The van der Waals surface area contributed by atoms with Crippen LogP contribution in [0, 0.1) is 22.7 Å². The third-order valence-corrected chi connectivity index (χ3v) is 4.38. The number of benzene rings is 2. The molecule has 3 aromatic rings. The zero-order valence-electron chi connectivity index (χ0n) is 12.9. The summed E-state index contributed by atoms with van der Waals surface area (Å²) in [6, 6.07) is 17.5. The minimum Gasteiger partial charge on any atom is -0.382 e. The van der Waals surface area contributed by atoms with Gasteiger partial charge in [0.15, 0.2) is 5.13 Å². The minimum atomic E-state index is -0.342. The van der Waals surface area contributed by atoms with E-state index < -0.39 is 0 Å². The molecule has 1 heterocycles. The predicted octanol–water partition coefficient (Wildman–Crippen LogP) is 3.44. The lowest BCUT2D eigenvalue weighted by molar-refractivity contribution is 0.104. The first-order valence-corrected chi connectivity index (χ1v) is 8.01. The van der Waals surface area contributed by atoms with Crippen LogP contribution >= 0.6 is 11.3 Å². The Kier molecular flexibility index (Phi) is 4.42. The van der Waals surface area contributed by atoms with E-state index in [0.717, 1.165) is 11.3 Å². The molecule has 0 saturated carbocycles. The number of nitrogens with two attached hydrogens (primary N) is 1. The van der Waals surface area contributed by atoms with Gasteiger partial charge in [-0.3, -0.25) is 4.79 Å². The number of aromatic nitrogens is 1. The first kappa shape index (κ1) is 16.2. The molecule has 7 heteroatoms. The molecular weight excluding hydrogens is 334 g/mol. The van der Waals surface area contributed by atoms with Gasteiger partial charge < -0.3 is 11.1 Å². The monoisotopic (exact) mass is 345 g/mol. The van der Waals surface area contributed by atoms with Crippen LogP contribution in [0.25, 0.3) is 0 Å². The number of hydrogen-bond donors (Lipinski definition) is 2. The molecule has 0 saturated heterocycles. The lowest BCUT2D eigenvalue weighted by Gasteiger charge is -2.02. The summed E-state index contributed by atoms with van der Waals surface area (Å²) < 4.78 is 0. The van der Waals surface area contributed by atoms with Crippen molar-refractivity contribution in [2.24, 2.45) is 0 Å². The highest BCUT2D eigenvalue weighted by atomic mass is 32.1. The molecule has 0 spiro atoms. The van der Waals surface area contributed by atoms with Crippen LogP contribution in [0.4, 0.5) is 16.6 Å². The molecular formula is C18H11N5OS. The molecule has 0 amide bonds. The maximum Gasteiger partial charge on any atom is 0.208 e. The van der Waals surface area contributed by atoms with Crippen LogP contribution in [-0.2, 0) is 0 Å². The standard InChI is InChI=1S/C18H11N5OS/c19-9-11-4-3-6-13(8-11)22-18-23-17(21)16(25-18)15(24)14-7-2-1-5-12(14)10-20/h1-8H,21H2,(H,22,23). The van der Waals surface area contributed by atoms with Crippen LogP contribution in [-0.4, -0.2) is 10.8 Å². The van der Waals surface area contributed by atoms with Gasteiger partial charge in [0.05, 0.1) is 23.3 Å². The third-order valence-electron chi connectivity index (χ3n) is 3.39. The summed E-state index contributed by atoms with van der Waals surface area (Å²) in [6.07, 6.45) is 0. The van der Waals surface area contributed by atoms with Gasteiger partial charge in [-0.2, -0.15) is 10.5 Å². The van der Waals surface area contributed by atoms with Crippen LogP contribution in [0.1, 0.15) is 26.4 Å². The average molecular weight is 345 g/mol. The zero-order chi connectivity index (χ0) is 17.8. The Hall–Kier alpha value is -3.68. The topological polar surface area (TPSA) is 116 Å². The van der Waals surface area contributed by atoms with Crippen molar-refractivity contribution >= 4 is 33.8 Å². The Balaban J connectivity index is 1.91. The van der Waals surface area contributed by atoms with Crippen LogP contribution in [0.3, 0.4) is 0 Å². The van der Waals surface area contributed by atoms with Gasteiger partial charge in [-0.25, -0.2) is 4.98 Å². The summed E-state index contributed by atoms with van der Waals surface area (Å²) in [7, 11) is 0. The minimum absolute atomic E-state index is 0.0988. The van der Waals surface area contributed by atoms with Gasteiger partial charge in [0, 0.05) is 11.3 Å². The summed E-state index contributed by atoms with van der Waals surface area (Å²) in [6.45, 7) is 0. The van der Waals surface area contributed by atoms with E-state index >= 15 is 0 Å². The maximum atomic E-state index is 12.7. The summed E-state index contributed by atoms with van der Waals surface area (Å²) >= 11 is 1.10. The lowest BCUT2D eigenvalue weighted by atomic mass is 10.0. The molecule has 3 N–H and O–H groups in total. The van der Waals surface area contributed by atoms with Gasteiger partial charge in [-0.15, -0.1) is 0 Å². The van der Waals surface area contributed by atoms with Crippen molar-refractivity contribution in [1.29, 1.82) is 10.5 Å². The van der Waals surface area contributed by atoms with Gasteiger partial charge in [-0.1, -0.05) is 29.5 Å². The average Bonchev–Trinajstić information content (AvgIpc) is 3.01. The summed E-state index contributed by atoms with van der Waals surface area (Å²) in [5.74, 6) is -0.243. The molecule has 0 aliphatic rings. The number of hydrogen-bond acceptors (Lipinski definition) is 7. The number of ketones is 1. The summed E-state index contributed by atoms with van der Waals surface area (Å²) in [5, 5.41) is 21.6. The normalized spacial score (nSPS) is 9.84. The maximum absolute atomic E-state index is 12.7. The van der Waals surface area contributed by atoms with Gasteiger partial charge in [0.25, 0.3) is 0 Å². The molecule has 0 aliphatic carbocycles. The Labute approximate surface area is 147 Å². The van der Waals surface area contributed by atoms with E-state index in [1.165, 1.54) is 0 Å². The van der Waals surface area contributed by atoms with Crippen LogP contribution in [0.2, 0.25) is 0 Å². The Morgan fingerprint density at radius 3 is 2.68 bits per heavy atom. The molecule has 1 aromatic heterocycles. The Morgan fingerprint density at radius 1 is 1.12 bits per heavy atom. The Bertz CT molecular complexity index is 1040. The molecule has 0 bridgehead atoms.